The molecule has 5 nitrogen and oxygen atoms in total. The molecular formula is C9H9F3N2O3S. The molecule has 0 aromatic heterocycles. The molecule has 0 fully saturated rings. The van der Waals surface area contributed by atoms with E-state index in [0.29, 0.717) is 0 Å². The van der Waals surface area contributed by atoms with Gasteiger partial charge in [-0.2, -0.15) is 21.6 Å². The third-order valence-electron chi connectivity index (χ3n) is 1.75. The predicted molar refractivity (Wildman–Crippen MR) is 58.5 cm³/mol. The van der Waals surface area contributed by atoms with Gasteiger partial charge < -0.3 is 5.32 Å². The van der Waals surface area contributed by atoms with Gasteiger partial charge in [0.05, 0.1) is 11.4 Å². The number of hydrogen-bond donors (Lipinski definition) is 2. The summed E-state index contributed by atoms with van der Waals surface area (Å²) in [4.78, 5) is 0. The van der Waals surface area contributed by atoms with Crippen LogP contribution in [0.2, 0.25) is 0 Å². The number of benzene rings is 1. The van der Waals surface area contributed by atoms with Crippen LogP contribution in [0.4, 0.5) is 24.5 Å². The number of para-hydroxylation sites is 2. The minimum atomic E-state index is -5.37. The van der Waals surface area contributed by atoms with Crippen LogP contribution in [0.15, 0.2) is 24.3 Å². The number of sulfonamides is 1. The summed E-state index contributed by atoms with van der Waals surface area (Å²) in [6, 6.07) is 5.68. The van der Waals surface area contributed by atoms with Crippen molar-refractivity contribution in [2.24, 2.45) is 0 Å². The molecule has 100 valence electrons. The fraction of sp³-hybridized carbons (Fsp3) is 0.222. The molecule has 0 aliphatic rings. The second-order valence-corrected chi connectivity index (χ2v) is 4.52. The SMILES string of the molecule is CNc1ccccc1NS(=O)(=O)C(F)(F)F.[C-]#[O+]. The van der Waals surface area contributed by atoms with E-state index in [1.165, 1.54) is 30.0 Å². The van der Waals surface area contributed by atoms with Gasteiger partial charge in [-0.05, 0) is 12.1 Å². The number of halogens is 3. The van der Waals surface area contributed by atoms with E-state index in [-0.39, 0.29) is 11.4 Å². The Balaban J connectivity index is 0.00000137. The summed E-state index contributed by atoms with van der Waals surface area (Å²) < 4.78 is 66.9. The predicted octanol–water partition coefficient (Wildman–Crippen LogP) is 1.95. The van der Waals surface area contributed by atoms with E-state index >= 15 is 0 Å². The van der Waals surface area contributed by atoms with Crippen molar-refractivity contribution in [2.45, 2.75) is 5.51 Å². The quantitative estimate of drug-likeness (QED) is 0.657. The molecule has 0 radical (unpaired) electrons. The average molecular weight is 282 g/mol. The Kier molecular flexibility index (Phi) is 5.70. The van der Waals surface area contributed by atoms with Crippen molar-refractivity contribution in [1.82, 2.24) is 0 Å². The monoisotopic (exact) mass is 282 g/mol. The molecule has 1 aromatic rings. The number of hydrogen-bond acceptors (Lipinski definition) is 3. The molecule has 1 rings (SSSR count). The van der Waals surface area contributed by atoms with Crippen LogP contribution in [0.1, 0.15) is 0 Å². The van der Waals surface area contributed by atoms with E-state index in [4.69, 9.17) is 4.65 Å². The molecule has 0 amide bonds. The fourth-order valence-corrected chi connectivity index (χ4v) is 1.58. The van der Waals surface area contributed by atoms with E-state index in [1.807, 2.05) is 0 Å². The molecule has 0 saturated heterocycles. The average Bonchev–Trinajstić information content (AvgIpc) is 2.30. The third-order valence-corrected chi connectivity index (χ3v) is 2.84. The molecule has 2 N–H and O–H groups in total. The van der Waals surface area contributed by atoms with Crippen molar-refractivity contribution in [3.05, 3.63) is 30.9 Å². The first-order chi connectivity index (χ1) is 8.28. The zero-order valence-corrected chi connectivity index (χ0v) is 9.89. The number of anilines is 2. The van der Waals surface area contributed by atoms with Gasteiger partial charge in [0.1, 0.15) is 0 Å². The first-order valence-electron chi connectivity index (χ1n) is 4.34. The van der Waals surface area contributed by atoms with Gasteiger partial charge in [-0.1, -0.05) is 12.1 Å². The van der Waals surface area contributed by atoms with Crippen LogP contribution < -0.4 is 10.0 Å². The maximum atomic E-state index is 12.1. The summed E-state index contributed by atoms with van der Waals surface area (Å²) >= 11 is 0. The molecular weight excluding hydrogens is 273 g/mol. The van der Waals surface area contributed by atoms with E-state index in [1.54, 1.807) is 6.07 Å². The molecule has 0 aliphatic heterocycles. The second kappa shape index (κ2) is 6.29. The summed E-state index contributed by atoms with van der Waals surface area (Å²) in [6.07, 6.45) is 0. The number of nitrogens with one attached hydrogen (secondary N) is 2. The normalized spacial score (nSPS) is 11.0. The Morgan fingerprint density at radius 1 is 1.17 bits per heavy atom. The zero-order valence-electron chi connectivity index (χ0n) is 9.08. The van der Waals surface area contributed by atoms with Crippen molar-refractivity contribution in [3.63, 3.8) is 0 Å². The van der Waals surface area contributed by atoms with E-state index in [0.717, 1.165) is 0 Å². The van der Waals surface area contributed by atoms with Crippen LogP contribution in [0.3, 0.4) is 0 Å². The Bertz CT molecular complexity index is 511. The molecule has 0 saturated carbocycles. The first-order valence-corrected chi connectivity index (χ1v) is 5.82. The molecule has 1 aromatic carbocycles. The minimum absolute atomic E-state index is 0.151. The first kappa shape index (κ1) is 16.3. The van der Waals surface area contributed by atoms with Gasteiger partial charge in [0.25, 0.3) is 0 Å². The van der Waals surface area contributed by atoms with Crippen LogP contribution in [0.25, 0.3) is 0 Å². The molecule has 18 heavy (non-hydrogen) atoms. The van der Waals surface area contributed by atoms with Gasteiger partial charge in [0, 0.05) is 7.05 Å². The van der Waals surface area contributed by atoms with Gasteiger partial charge in [-0.25, -0.2) is 0 Å². The third kappa shape index (κ3) is 3.95. The fourth-order valence-electron chi connectivity index (χ4n) is 0.993. The Hall–Kier alpha value is -1.70. The van der Waals surface area contributed by atoms with E-state index in [2.05, 4.69) is 12.0 Å². The molecule has 9 heteroatoms. The van der Waals surface area contributed by atoms with Gasteiger partial charge >= 0.3 is 26.8 Å². The second-order valence-electron chi connectivity index (χ2n) is 2.85. The molecule has 0 spiro atoms. The summed E-state index contributed by atoms with van der Waals surface area (Å²) in [5.41, 5.74) is -5.22. The van der Waals surface area contributed by atoms with Gasteiger partial charge in [0.15, 0.2) is 0 Å². The van der Waals surface area contributed by atoms with E-state index < -0.39 is 15.5 Å². The molecule has 0 unspecified atom stereocenters. The molecule has 0 atom stereocenters. The van der Waals surface area contributed by atoms with Crippen molar-refractivity contribution in [2.75, 3.05) is 17.1 Å². The van der Waals surface area contributed by atoms with Crippen molar-refractivity contribution in [1.29, 1.82) is 0 Å². The standard InChI is InChI=1S/C8H9F3N2O2S.CO/c1-12-6-4-2-3-5-7(6)13-16(14,15)8(9,10)11;1-2/h2-5,12-13H,1H3;. The summed E-state index contributed by atoms with van der Waals surface area (Å²) in [7, 11) is -3.90. The molecule has 0 bridgehead atoms. The van der Waals surface area contributed by atoms with Crippen molar-refractivity contribution in [3.8, 4) is 0 Å². The van der Waals surface area contributed by atoms with Gasteiger partial charge in [-0.3, -0.25) is 4.72 Å². The Morgan fingerprint density at radius 2 is 1.61 bits per heavy atom. The van der Waals surface area contributed by atoms with Crippen LogP contribution in [0.5, 0.6) is 0 Å². The van der Waals surface area contributed by atoms with Crippen LogP contribution >= 0.6 is 0 Å². The Labute approximate surface area is 102 Å². The van der Waals surface area contributed by atoms with Crippen LogP contribution in [-0.4, -0.2) is 21.0 Å². The zero-order chi connectivity index (χ0) is 14.4. The van der Waals surface area contributed by atoms with Crippen LogP contribution in [-0.2, 0) is 14.7 Å². The van der Waals surface area contributed by atoms with Crippen molar-refractivity contribution < 1.29 is 26.2 Å². The topological polar surface area (TPSA) is 78.1 Å². The van der Waals surface area contributed by atoms with E-state index in [9.17, 15) is 21.6 Å². The molecule has 0 heterocycles. The van der Waals surface area contributed by atoms with Crippen LogP contribution in [0, 0.1) is 6.65 Å². The Morgan fingerprint density at radius 3 is 2.00 bits per heavy atom. The van der Waals surface area contributed by atoms with Gasteiger partial charge in [-0.15, -0.1) is 0 Å². The summed E-state index contributed by atoms with van der Waals surface area (Å²) in [5.74, 6) is 0. The summed E-state index contributed by atoms with van der Waals surface area (Å²) in [6.45, 7) is 4.50. The summed E-state index contributed by atoms with van der Waals surface area (Å²) in [5, 5.41) is 2.58. The van der Waals surface area contributed by atoms with Crippen molar-refractivity contribution >= 4 is 21.4 Å². The number of rotatable bonds is 3. The number of alkyl halides is 3. The molecule has 0 aliphatic carbocycles. The maximum absolute atomic E-state index is 12.1. The van der Waals surface area contributed by atoms with Gasteiger partial charge in [0.2, 0.25) is 0 Å².